The van der Waals surface area contributed by atoms with Crippen molar-refractivity contribution >= 4 is 30.3 Å². The Morgan fingerprint density at radius 1 is 1.50 bits per heavy atom. The summed E-state index contributed by atoms with van der Waals surface area (Å²) in [6, 6.07) is 0. The van der Waals surface area contributed by atoms with E-state index < -0.39 is 5.51 Å². The number of nitrogens with one attached hydrogen (secondary N) is 1. The van der Waals surface area contributed by atoms with E-state index in [0.717, 1.165) is 0 Å². The van der Waals surface area contributed by atoms with Crippen LogP contribution in [-0.2, 0) is 4.79 Å². The molecule has 1 amide bonds. The van der Waals surface area contributed by atoms with Gasteiger partial charge in [-0.05, 0) is 11.8 Å². The zero-order valence-corrected chi connectivity index (χ0v) is 7.73. The molecule has 2 nitrogen and oxygen atoms in total. The zero-order chi connectivity index (χ0) is 9.61. The summed E-state index contributed by atoms with van der Waals surface area (Å²) < 4.78 is 34.5. The van der Waals surface area contributed by atoms with Crippen molar-refractivity contribution in [2.75, 3.05) is 18.1 Å². The monoisotopic (exact) mass is 219 g/mol. The molecule has 0 aromatic rings. The second kappa shape index (κ2) is 5.58. The van der Waals surface area contributed by atoms with Gasteiger partial charge in [-0.15, -0.1) is 0 Å². The van der Waals surface area contributed by atoms with Crippen molar-refractivity contribution in [2.45, 2.75) is 5.51 Å². The first kappa shape index (κ1) is 12.0. The average molecular weight is 219 g/mol. The molecule has 0 spiro atoms. The molecule has 0 heterocycles. The summed E-state index contributed by atoms with van der Waals surface area (Å²) in [4.78, 5) is 10.5. The number of thioether (sulfide) groups is 1. The van der Waals surface area contributed by atoms with E-state index in [1.54, 1.807) is 0 Å². The second-order valence-electron chi connectivity index (χ2n) is 1.80. The van der Waals surface area contributed by atoms with Gasteiger partial charge in [-0.25, -0.2) is 0 Å². The van der Waals surface area contributed by atoms with E-state index in [2.05, 4.69) is 17.9 Å². The maximum absolute atomic E-state index is 11.5. The molecule has 0 aliphatic rings. The average Bonchev–Trinajstić information content (AvgIpc) is 1.96. The lowest BCUT2D eigenvalue weighted by molar-refractivity contribution is -0.118. The zero-order valence-electron chi connectivity index (χ0n) is 6.02. The van der Waals surface area contributed by atoms with Gasteiger partial charge in [-0.1, -0.05) is 0 Å². The topological polar surface area (TPSA) is 29.1 Å². The van der Waals surface area contributed by atoms with Crippen LogP contribution in [0.1, 0.15) is 0 Å². The predicted molar refractivity (Wildman–Crippen MR) is 45.4 cm³/mol. The van der Waals surface area contributed by atoms with Crippen LogP contribution in [0.25, 0.3) is 0 Å². The highest BCUT2D eigenvalue weighted by molar-refractivity contribution is 8.00. The van der Waals surface area contributed by atoms with Crippen LogP contribution in [0.15, 0.2) is 0 Å². The largest absolute Gasteiger partial charge is 0.441 e. The van der Waals surface area contributed by atoms with Crippen LogP contribution >= 0.6 is 24.4 Å². The third-order valence-corrected chi connectivity index (χ3v) is 1.86. The first-order valence-electron chi connectivity index (χ1n) is 3.04. The van der Waals surface area contributed by atoms with Crippen LogP contribution in [-0.4, -0.2) is 29.5 Å². The fraction of sp³-hybridized carbons (Fsp3) is 0.800. The number of rotatable bonds is 4. The molecule has 1 N–H and O–H groups in total. The number of alkyl halides is 3. The van der Waals surface area contributed by atoms with Crippen LogP contribution < -0.4 is 5.32 Å². The molecule has 0 rings (SSSR count). The second-order valence-corrected chi connectivity index (χ2v) is 3.28. The smallest absolute Gasteiger partial charge is 0.355 e. The third kappa shape index (κ3) is 8.06. The quantitative estimate of drug-likeness (QED) is 0.551. The number of hydrogen-bond donors (Lipinski definition) is 2. The molecule has 0 aliphatic carbocycles. The van der Waals surface area contributed by atoms with E-state index >= 15 is 0 Å². The molecule has 0 aromatic carbocycles. The van der Waals surface area contributed by atoms with Crippen molar-refractivity contribution in [3.8, 4) is 0 Å². The minimum atomic E-state index is -4.22. The van der Waals surface area contributed by atoms with Gasteiger partial charge < -0.3 is 5.32 Å². The Bertz CT molecular complexity index is 150. The van der Waals surface area contributed by atoms with E-state index in [1.807, 2.05) is 0 Å². The SMILES string of the molecule is O=C(CS)NCCSC(F)(F)F. The summed E-state index contributed by atoms with van der Waals surface area (Å²) in [7, 11) is 0. The van der Waals surface area contributed by atoms with Gasteiger partial charge in [0, 0.05) is 12.3 Å². The number of carbonyl (C=O) groups is 1. The molecule has 0 unspecified atom stereocenters. The number of amides is 1. The Labute approximate surface area is 77.7 Å². The standard InChI is InChI=1S/C5H8F3NOS2/c6-5(7,8)12-2-1-9-4(10)3-11/h11H,1-3H2,(H,9,10). The Balaban J connectivity index is 3.28. The minimum Gasteiger partial charge on any atom is -0.355 e. The first-order valence-corrected chi connectivity index (χ1v) is 4.66. The van der Waals surface area contributed by atoms with Gasteiger partial charge >= 0.3 is 5.51 Å². The molecule has 72 valence electrons. The molecule has 0 aromatic heterocycles. The normalized spacial score (nSPS) is 11.3. The van der Waals surface area contributed by atoms with Crippen LogP contribution in [0.4, 0.5) is 13.2 Å². The maximum atomic E-state index is 11.5. The van der Waals surface area contributed by atoms with Crippen molar-refractivity contribution in [3.63, 3.8) is 0 Å². The summed E-state index contributed by atoms with van der Waals surface area (Å²) >= 11 is 3.48. The van der Waals surface area contributed by atoms with E-state index in [9.17, 15) is 18.0 Å². The molecule has 0 atom stereocenters. The van der Waals surface area contributed by atoms with E-state index in [-0.39, 0.29) is 35.7 Å². The first-order chi connectivity index (χ1) is 5.45. The summed E-state index contributed by atoms with van der Waals surface area (Å²) in [5.74, 6) is -0.527. The number of hydrogen-bond acceptors (Lipinski definition) is 3. The lowest BCUT2D eigenvalue weighted by Gasteiger charge is -2.05. The van der Waals surface area contributed by atoms with Gasteiger partial charge in [-0.2, -0.15) is 25.8 Å². The molecule has 7 heteroatoms. The predicted octanol–water partition coefficient (Wildman–Crippen LogP) is 1.29. The molecule has 0 saturated heterocycles. The van der Waals surface area contributed by atoms with Gasteiger partial charge in [0.25, 0.3) is 0 Å². The van der Waals surface area contributed by atoms with E-state index in [1.165, 1.54) is 0 Å². The minimum absolute atomic E-state index is 0.00329. The Kier molecular flexibility index (Phi) is 5.56. The van der Waals surface area contributed by atoms with Crippen LogP contribution in [0.3, 0.4) is 0 Å². The van der Waals surface area contributed by atoms with Crippen molar-refractivity contribution in [1.82, 2.24) is 5.32 Å². The van der Waals surface area contributed by atoms with Crippen molar-refractivity contribution in [3.05, 3.63) is 0 Å². The maximum Gasteiger partial charge on any atom is 0.441 e. The number of thiol groups is 1. The summed E-state index contributed by atoms with van der Waals surface area (Å²) in [6.45, 7) is 0.0174. The lowest BCUT2D eigenvalue weighted by Crippen LogP contribution is -2.27. The number of halogens is 3. The summed E-state index contributed by atoms with van der Waals surface area (Å²) in [5.41, 5.74) is -4.22. The highest BCUT2D eigenvalue weighted by Gasteiger charge is 2.27. The molecular weight excluding hydrogens is 211 g/mol. The van der Waals surface area contributed by atoms with Crippen LogP contribution in [0.2, 0.25) is 0 Å². The molecule has 0 bridgehead atoms. The van der Waals surface area contributed by atoms with E-state index in [4.69, 9.17) is 0 Å². The number of carbonyl (C=O) groups excluding carboxylic acids is 1. The fourth-order valence-corrected chi connectivity index (χ4v) is 0.960. The Hall–Kier alpha value is -0.0400. The van der Waals surface area contributed by atoms with Crippen molar-refractivity contribution in [2.24, 2.45) is 0 Å². The van der Waals surface area contributed by atoms with Gasteiger partial charge in [0.15, 0.2) is 0 Å². The fourth-order valence-electron chi connectivity index (χ4n) is 0.413. The third-order valence-electron chi connectivity index (χ3n) is 0.834. The van der Waals surface area contributed by atoms with Crippen LogP contribution in [0, 0.1) is 0 Å². The molecule has 0 fully saturated rings. The van der Waals surface area contributed by atoms with Gasteiger partial charge in [0.2, 0.25) is 5.91 Å². The summed E-state index contributed by atoms with van der Waals surface area (Å²) in [5, 5.41) is 2.27. The van der Waals surface area contributed by atoms with Gasteiger partial charge in [-0.3, -0.25) is 4.79 Å². The van der Waals surface area contributed by atoms with Crippen molar-refractivity contribution in [1.29, 1.82) is 0 Å². The molecular formula is C5H8F3NOS2. The molecule has 12 heavy (non-hydrogen) atoms. The van der Waals surface area contributed by atoms with Gasteiger partial charge in [0.1, 0.15) is 0 Å². The highest BCUT2D eigenvalue weighted by atomic mass is 32.2. The van der Waals surface area contributed by atoms with Crippen LogP contribution in [0.5, 0.6) is 0 Å². The lowest BCUT2D eigenvalue weighted by atomic mass is 10.6. The highest BCUT2D eigenvalue weighted by Crippen LogP contribution is 2.29. The van der Waals surface area contributed by atoms with Crippen molar-refractivity contribution < 1.29 is 18.0 Å². The molecule has 0 aliphatic heterocycles. The summed E-state index contributed by atoms with van der Waals surface area (Å²) in [6.07, 6.45) is 0. The van der Waals surface area contributed by atoms with Gasteiger partial charge in [0.05, 0.1) is 5.75 Å². The van der Waals surface area contributed by atoms with E-state index in [0.29, 0.717) is 0 Å². The Morgan fingerprint density at radius 3 is 2.50 bits per heavy atom. The molecule has 0 radical (unpaired) electrons. The Morgan fingerprint density at radius 2 is 2.08 bits per heavy atom. The molecule has 0 saturated carbocycles.